The van der Waals surface area contributed by atoms with Crippen LogP contribution in [0.1, 0.15) is 5.56 Å². The van der Waals surface area contributed by atoms with Gasteiger partial charge in [-0.05, 0) is 48.0 Å². The van der Waals surface area contributed by atoms with Crippen molar-refractivity contribution in [3.05, 3.63) is 64.7 Å². The molecule has 0 aromatic heterocycles. The fourth-order valence-corrected chi connectivity index (χ4v) is 2.11. The number of hydrogen-bond acceptors (Lipinski definition) is 4. The Morgan fingerprint density at radius 3 is 2.30 bits per heavy atom. The average Bonchev–Trinajstić information content (AvgIpc) is 2.60. The minimum absolute atomic E-state index is 0.349. The summed E-state index contributed by atoms with van der Waals surface area (Å²) in [7, 11) is 2.98. The highest BCUT2D eigenvalue weighted by molar-refractivity contribution is 6.30. The summed E-state index contributed by atoms with van der Waals surface area (Å²) in [6.07, 6.45) is 1.78. The molecule has 0 aliphatic rings. The Bertz CT molecular complexity index is 678. The largest absolute Gasteiger partial charge is 0.497 e. The molecule has 0 saturated carbocycles. The van der Waals surface area contributed by atoms with Crippen molar-refractivity contribution in [3.8, 4) is 5.75 Å². The van der Waals surface area contributed by atoms with Crippen molar-refractivity contribution in [2.75, 3.05) is 26.1 Å². The van der Waals surface area contributed by atoms with Crippen LogP contribution in [0.4, 0.5) is 5.69 Å². The minimum Gasteiger partial charge on any atom is -0.497 e. The van der Waals surface area contributed by atoms with Crippen LogP contribution in [0.15, 0.2) is 54.1 Å². The number of carbonyl (C=O) groups excluding carboxylic acids is 1. The second-order valence-electron chi connectivity index (χ2n) is 4.79. The Morgan fingerprint density at radius 2 is 1.74 bits per heavy atom. The maximum atomic E-state index is 11.9. The number of methoxy groups -OCH3 is 2. The number of benzene rings is 2. The monoisotopic (exact) mass is 331 g/mol. The quantitative estimate of drug-likeness (QED) is 0.641. The molecule has 0 atom stereocenters. The third-order valence-corrected chi connectivity index (χ3v) is 3.48. The summed E-state index contributed by atoms with van der Waals surface area (Å²) in [4.78, 5) is 11.9. The summed E-state index contributed by atoms with van der Waals surface area (Å²) in [5.41, 5.74) is 2.29. The summed E-state index contributed by atoms with van der Waals surface area (Å²) < 4.78 is 9.95. The lowest BCUT2D eigenvalue weighted by molar-refractivity contribution is -0.135. The Morgan fingerprint density at radius 1 is 1.09 bits per heavy atom. The summed E-state index contributed by atoms with van der Waals surface area (Å²) in [5.74, 6) is 0.404. The first kappa shape index (κ1) is 16.9. The van der Waals surface area contributed by atoms with Gasteiger partial charge in [0, 0.05) is 17.3 Å². The number of esters is 1. The van der Waals surface area contributed by atoms with Crippen LogP contribution in [0.5, 0.6) is 5.75 Å². The summed E-state index contributed by atoms with van der Waals surface area (Å²) in [5, 5.41) is 3.84. The van der Waals surface area contributed by atoms with Gasteiger partial charge in [0.25, 0.3) is 0 Å². The van der Waals surface area contributed by atoms with E-state index in [-0.39, 0.29) is 5.97 Å². The molecule has 4 nitrogen and oxygen atoms in total. The molecule has 5 heteroatoms. The average molecular weight is 332 g/mol. The molecule has 23 heavy (non-hydrogen) atoms. The number of ether oxygens (including phenoxy) is 2. The van der Waals surface area contributed by atoms with Gasteiger partial charge in [-0.15, -0.1) is 0 Å². The van der Waals surface area contributed by atoms with Crippen molar-refractivity contribution < 1.29 is 14.3 Å². The highest BCUT2D eigenvalue weighted by Gasteiger charge is 2.09. The fraction of sp³-hybridized carbons (Fsp3) is 0.167. The van der Waals surface area contributed by atoms with Crippen LogP contribution in [0.3, 0.4) is 0 Å². The highest BCUT2D eigenvalue weighted by atomic mass is 35.5. The molecule has 0 aliphatic carbocycles. The predicted molar refractivity (Wildman–Crippen MR) is 92.9 cm³/mol. The van der Waals surface area contributed by atoms with Gasteiger partial charge in [0.15, 0.2) is 0 Å². The molecule has 0 unspecified atom stereocenters. The molecule has 0 saturated heterocycles. The standard InChI is InChI=1S/C18H18ClNO3/c1-22-17-9-7-16(8-10-17)20-12-14(18(21)23-2)11-13-3-5-15(19)6-4-13/h3-11,20H,12H2,1-2H3/b14-11+. The van der Waals surface area contributed by atoms with Gasteiger partial charge in [-0.3, -0.25) is 0 Å². The maximum Gasteiger partial charge on any atom is 0.335 e. The smallest absolute Gasteiger partial charge is 0.335 e. The van der Waals surface area contributed by atoms with Crippen LogP contribution in [0, 0.1) is 0 Å². The molecule has 0 radical (unpaired) electrons. The van der Waals surface area contributed by atoms with Crippen molar-refractivity contribution in [2.24, 2.45) is 0 Å². The van der Waals surface area contributed by atoms with E-state index in [1.807, 2.05) is 36.4 Å². The molecule has 120 valence electrons. The van der Waals surface area contributed by atoms with Crippen LogP contribution >= 0.6 is 11.6 Å². The molecule has 0 fully saturated rings. The van der Waals surface area contributed by atoms with E-state index in [1.54, 1.807) is 25.3 Å². The van der Waals surface area contributed by atoms with Crippen molar-refractivity contribution in [2.45, 2.75) is 0 Å². The van der Waals surface area contributed by atoms with Crippen molar-refractivity contribution >= 4 is 29.3 Å². The number of hydrogen-bond donors (Lipinski definition) is 1. The lowest BCUT2D eigenvalue weighted by Gasteiger charge is -2.10. The molecule has 0 heterocycles. The van der Waals surface area contributed by atoms with Crippen molar-refractivity contribution in [1.82, 2.24) is 0 Å². The van der Waals surface area contributed by atoms with Gasteiger partial charge in [0.2, 0.25) is 0 Å². The molecule has 0 aliphatic heterocycles. The van der Waals surface area contributed by atoms with E-state index in [2.05, 4.69) is 5.32 Å². The van der Waals surface area contributed by atoms with Gasteiger partial charge in [-0.2, -0.15) is 0 Å². The third kappa shape index (κ3) is 5.04. The highest BCUT2D eigenvalue weighted by Crippen LogP contribution is 2.17. The number of carbonyl (C=O) groups is 1. The first-order chi connectivity index (χ1) is 11.1. The number of halogens is 1. The second kappa shape index (κ2) is 8.25. The molecule has 2 rings (SSSR count). The Labute approximate surface area is 140 Å². The third-order valence-electron chi connectivity index (χ3n) is 3.23. The summed E-state index contributed by atoms with van der Waals surface area (Å²) in [6, 6.07) is 14.7. The molecule has 0 amide bonds. The lowest BCUT2D eigenvalue weighted by atomic mass is 10.1. The maximum absolute atomic E-state index is 11.9. The zero-order chi connectivity index (χ0) is 16.7. The first-order valence-electron chi connectivity index (χ1n) is 7.05. The fourth-order valence-electron chi connectivity index (χ4n) is 1.98. The first-order valence-corrected chi connectivity index (χ1v) is 7.42. The molecular weight excluding hydrogens is 314 g/mol. The van der Waals surface area contributed by atoms with E-state index in [4.69, 9.17) is 21.1 Å². The van der Waals surface area contributed by atoms with E-state index in [1.165, 1.54) is 7.11 Å². The number of nitrogens with one attached hydrogen (secondary N) is 1. The van der Waals surface area contributed by atoms with Gasteiger partial charge < -0.3 is 14.8 Å². The topological polar surface area (TPSA) is 47.6 Å². The lowest BCUT2D eigenvalue weighted by Crippen LogP contribution is -2.14. The van der Waals surface area contributed by atoms with Crippen LogP contribution in [-0.4, -0.2) is 26.7 Å². The van der Waals surface area contributed by atoms with E-state index >= 15 is 0 Å². The second-order valence-corrected chi connectivity index (χ2v) is 5.23. The van der Waals surface area contributed by atoms with Gasteiger partial charge in [0.1, 0.15) is 5.75 Å². The SMILES string of the molecule is COC(=O)/C(=C/c1ccc(Cl)cc1)CNc1ccc(OC)cc1. The normalized spacial score (nSPS) is 11.0. The molecule has 2 aromatic rings. The van der Waals surface area contributed by atoms with E-state index in [9.17, 15) is 4.79 Å². The van der Waals surface area contributed by atoms with Crippen molar-refractivity contribution in [1.29, 1.82) is 0 Å². The molecule has 2 aromatic carbocycles. The predicted octanol–water partition coefficient (Wildman–Crippen LogP) is 4.02. The van der Waals surface area contributed by atoms with Crippen LogP contribution in [0.25, 0.3) is 6.08 Å². The van der Waals surface area contributed by atoms with Crippen molar-refractivity contribution in [3.63, 3.8) is 0 Å². The van der Waals surface area contributed by atoms with Gasteiger partial charge in [-0.1, -0.05) is 23.7 Å². The molecule has 0 spiro atoms. The van der Waals surface area contributed by atoms with Crippen LogP contribution < -0.4 is 10.1 Å². The number of anilines is 1. The zero-order valence-electron chi connectivity index (χ0n) is 13.0. The van der Waals surface area contributed by atoms with Crippen LogP contribution in [-0.2, 0) is 9.53 Å². The van der Waals surface area contributed by atoms with E-state index in [0.717, 1.165) is 17.0 Å². The Hall–Kier alpha value is -2.46. The van der Waals surface area contributed by atoms with Gasteiger partial charge in [-0.25, -0.2) is 4.79 Å². The van der Waals surface area contributed by atoms with E-state index in [0.29, 0.717) is 17.1 Å². The summed E-state index contributed by atoms with van der Waals surface area (Å²) >= 11 is 5.87. The Kier molecular flexibility index (Phi) is 6.06. The van der Waals surface area contributed by atoms with E-state index < -0.39 is 0 Å². The van der Waals surface area contributed by atoms with Gasteiger partial charge >= 0.3 is 5.97 Å². The summed E-state index contributed by atoms with van der Waals surface area (Å²) in [6.45, 7) is 0.349. The van der Waals surface area contributed by atoms with Gasteiger partial charge in [0.05, 0.1) is 19.8 Å². The zero-order valence-corrected chi connectivity index (χ0v) is 13.8. The molecule has 0 bridgehead atoms. The Balaban J connectivity index is 2.11. The molecule has 1 N–H and O–H groups in total. The minimum atomic E-state index is -0.374. The van der Waals surface area contributed by atoms with Crippen LogP contribution in [0.2, 0.25) is 5.02 Å². The number of rotatable bonds is 6. The molecular formula is C18H18ClNO3.